The van der Waals surface area contributed by atoms with Gasteiger partial charge in [-0.05, 0) is 111 Å². The maximum Gasteiger partial charge on any atom is 0.294 e. The predicted molar refractivity (Wildman–Crippen MR) is 162 cm³/mol. The van der Waals surface area contributed by atoms with Crippen molar-refractivity contribution in [2.75, 3.05) is 18.5 Å². The van der Waals surface area contributed by atoms with Crippen LogP contribution in [0.4, 0.5) is 10.5 Å². The van der Waals surface area contributed by atoms with E-state index in [0.717, 1.165) is 25.8 Å². The second-order valence-electron chi connectivity index (χ2n) is 7.97. The number of nitrogens with zero attached hydrogens (tertiary/aromatic N) is 1. The van der Waals surface area contributed by atoms with Crippen LogP contribution in [0.5, 0.6) is 11.5 Å². The molecule has 7 nitrogen and oxygen atoms in total. The Hall–Kier alpha value is -2.54. The number of amides is 3. The van der Waals surface area contributed by atoms with Crippen LogP contribution >= 0.6 is 61.9 Å². The molecule has 0 aromatic heterocycles. The van der Waals surface area contributed by atoms with Gasteiger partial charge in [0.05, 0.1) is 16.0 Å². The number of hydrogen-bond acceptors (Lipinski definition) is 6. The van der Waals surface area contributed by atoms with Crippen molar-refractivity contribution in [3.8, 4) is 11.5 Å². The first-order valence-corrected chi connectivity index (χ1v) is 14.4. The second-order valence-corrected chi connectivity index (χ2v) is 11.5. The molecule has 0 atom stereocenters. The van der Waals surface area contributed by atoms with Gasteiger partial charge in [-0.2, -0.15) is 0 Å². The fourth-order valence-corrected chi connectivity index (χ4v) is 5.47. The molecule has 1 N–H and O–H groups in total. The Morgan fingerprint density at radius 1 is 1.13 bits per heavy atom. The Bertz CT molecular complexity index is 1420. The van der Waals surface area contributed by atoms with Crippen LogP contribution in [0.3, 0.4) is 0 Å². The average molecular weight is 728 g/mol. The van der Waals surface area contributed by atoms with Crippen LogP contribution in [0.15, 0.2) is 70.0 Å². The van der Waals surface area contributed by atoms with Crippen molar-refractivity contribution in [1.82, 2.24) is 4.90 Å². The molecule has 1 aliphatic rings. The van der Waals surface area contributed by atoms with Crippen LogP contribution in [0, 0.1) is 3.57 Å². The number of ether oxygens (including phenoxy) is 2. The van der Waals surface area contributed by atoms with Crippen LogP contribution in [0.2, 0.25) is 5.02 Å². The number of rotatable bonds is 9. The average Bonchev–Trinajstić information content (AvgIpc) is 3.13. The van der Waals surface area contributed by atoms with E-state index in [4.69, 9.17) is 21.1 Å². The van der Waals surface area contributed by atoms with E-state index in [1.807, 2.05) is 37.3 Å². The molecule has 0 saturated carbocycles. The number of hydrogen-bond donors (Lipinski definition) is 1. The molecule has 0 radical (unpaired) electrons. The van der Waals surface area contributed by atoms with Gasteiger partial charge in [0.25, 0.3) is 11.1 Å². The van der Waals surface area contributed by atoms with E-state index in [0.29, 0.717) is 38.9 Å². The molecule has 0 bridgehead atoms. The second kappa shape index (κ2) is 13.0. The van der Waals surface area contributed by atoms with Gasteiger partial charge in [-0.15, -0.1) is 0 Å². The van der Waals surface area contributed by atoms with Gasteiger partial charge in [-0.25, -0.2) is 0 Å². The van der Waals surface area contributed by atoms with Gasteiger partial charge in [-0.1, -0.05) is 29.8 Å². The summed E-state index contributed by atoms with van der Waals surface area (Å²) < 4.78 is 13.4. The molecule has 1 heterocycles. The van der Waals surface area contributed by atoms with Crippen molar-refractivity contribution in [3.05, 3.63) is 89.8 Å². The summed E-state index contributed by atoms with van der Waals surface area (Å²) >= 11 is 12.7. The number of thioether (sulfide) groups is 1. The molecule has 1 saturated heterocycles. The summed E-state index contributed by atoms with van der Waals surface area (Å²) in [4.78, 5) is 39.1. The molecular formula is C27H21BrClIN2O5S. The molecule has 4 rings (SSSR count). The first-order valence-electron chi connectivity index (χ1n) is 11.4. The van der Waals surface area contributed by atoms with Gasteiger partial charge in [0, 0.05) is 19.8 Å². The van der Waals surface area contributed by atoms with E-state index in [1.54, 1.807) is 36.4 Å². The van der Waals surface area contributed by atoms with Gasteiger partial charge in [0.2, 0.25) is 5.91 Å². The molecule has 0 spiro atoms. The molecule has 1 fully saturated rings. The first-order chi connectivity index (χ1) is 18.2. The highest BCUT2D eigenvalue weighted by Gasteiger charge is 2.36. The highest BCUT2D eigenvalue weighted by Crippen LogP contribution is 2.40. The standard InChI is InChI=1S/C27H21BrClIN2O5S/c1-2-36-22-12-16(11-20(28)25(22)37-15-17-5-3-4-6-21(17)29)13-23-26(34)32(27(35)38-23)14-24(33)31-19-9-7-18(30)8-10-19/h3-13H,2,14-15H2,1H3,(H,31,33)/b23-13+. The number of imide groups is 1. The quantitative estimate of drug-likeness (QED) is 0.183. The zero-order valence-electron chi connectivity index (χ0n) is 20.0. The van der Waals surface area contributed by atoms with Gasteiger partial charge >= 0.3 is 0 Å². The number of anilines is 1. The third kappa shape index (κ3) is 7.10. The van der Waals surface area contributed by atoms with Gasteiger partial charge in [-0.3, -0.25) is 19.3 Å². The summed E-state index contributed by atoms with van der Waals surface area (Å²) in [5, 5.41) is 2.79. The normalized spacial score (nSPS) is 14.2. The SMILES string of the molecule is CCOc1cc(/C=C2/SC(=O)N(CC(=O)Nc3ccc(I)cc3)C2=O)cc(Br)c1OCc1ccccc1Cl. The summed E-state index contributed by atoms with van der Waals surface area (Å²) in [7, 11) is 0. The Morgan fingerprint density at radius 2 is 1.87 bits per heavy atom. The predicted octanol–water partition coefficient (Wildman–Crippen LogP) is 7.36. The van der Waals surface area contributed by atoms with Gasteiger partial charge in [0.1, 0.15) is 13.2 Å². The van der Waals surface area contributed by atoms with Crippen LogP contribution in [0.25, 0.3) is 6.08 Å². The van der Waals surface area contributed by atoms with E-state index in [2.05, 4.69) is 43.8 Å². The van der Waals surface area contributed by atoms with Crippen molar-refractivity contribution in [2.45, 2.75) is 13.5 Å². The van der Waals surface area contributed by atoms with E-state index in [9.17, 15) is 14.4 Å². The molecule has 38 heavy (non-hydrogen) atoms. The van der Waals surface area contributed by atoms with Crippen LogP contribution in [0.1, 0.15) is 18.1 Å². The van der Waals surface area contributed by atoms with Crippen LogP contribution < -0.4 is 14.8 Å². The fraction of sp³-hybridized carbons (Fsp3) is 0.148. The minimum Gasteiger partial charge on any atom is -0.490 e. The zero-order chi connectivity index (χ0) is 27.2. The first kappa shape index (κ1) is 28.5. The van der Waals surface area contributed by atoms with Gasteiger partial charge in [0.15, 0.2) is 11.5 Å². The lowest BCUT2D eigenvalue weighted by Crippen LogP contribution is -2.36. The number of benzene rings is 3. The Kier molecular flexibility index (Phi) is 9.74. The summed E-state index contributed by atoms with van der Waals surface area (Å²) in [5.41, 5.74) is 2.04. The highest BCUT2D eigenvalue weighted by molar-refractivity contribution is 14.1. The Labute approximate surface area is 251 Å². The topological polar surface area (TPSA) is 84.9 Å². The largest absolute Gasteiger partial charge is 0.490 e. The van der Waals surface area contributed by atoms with Crippen molar-refractivity contribution in [1.29, 1.82) is 0 Å². The smallest absolute Gasteiger partial charge is 0.294 e. The Morgan fingerprint density at radius 3 is 2.58 bits per heavy atom. The summed E-state index contributed by atoms with van der Waals surface area (Å²) in [6.07, 6.45) is 1.59. The van der Waals surface area contributed by atoms with E-state index in [-0.39, 0.29) is 18.1 Å². The van der Waals surface area contributed by atoms with Crippen LogP contribution in [-0.2, 0) is 16.2 Å². The molecule has 196 valence electrons. The lowest BCUT2D eigenvalue weighted by molar-refractivity contribution is -0.127. The molecule has 11 heteroatoms. The number of carbonyl (C=O) groups is 3. The number of nitrogens with one attached hydrogen (secondary N) is 1. The molecule has 3 aromatic rings. The molecule has 0 unspecified atom stereocenters. The summed E-state index contributed by atoms with van der Waals surface area (Å²) in [5.74, 6) is -0.0392. The molecule has 3 amide bonds. The van der Waals surface area contributed by atoms with Crippen molar-refractivity contribution < 1.29 is 23.9 Å². The van der Waals surface area contributed by atoms with Crippen molar-refractivity contribution >= 4 is 90.7 Å². The fourth-order valence-electron chi connectivity index (χ4n) is 3.50. The number of halogens is 3. The maximum atomic E-state index is 13.0. The third-order valence-electron chi connectivity index (χ3n) is 5.26. The minimum absolute atomic E-state index is 0.205. The minimum atomic E-state index is -0.536. The molecule has 3 aromatic carbocycles. The lowest BCUT2D eigenvalue weighted by atomic mass is 10.1. The summed E-state index contributed by atoms with van der Waals surface area (Å²) in [6, 6.07) is 18.1. The van der Waals surface area contributed by atoms with E-state index >= 15 is 0 Å². The number of carbonyl (C=O) groups excluding carboxylic acids is 3. The highest BCUT2D eigenvalue weighted by atomic mass is 127. The van der Waals surface area contributed by atoms with E-state index < -0.39 is 17.1 Å². The molecule has 1 aliphatic heterocycles. The molecular weight excluding hydrogens is 707 g/mol. The van der Waals surface area contributed by atoms with Crippen molar-refractivity contribution in [3.63, 3.8) is 0 Å². The van der Waals surface area contributed by atoms with Crippen molar-refractivity contribution in [2.24, 2.45) is 0 Å². The lowest BCUT2D eigenvalue weighted by Gasteiger charge is -2.15. The van der Waals surface area contributed by atoms with Crippen LogP contribution in [-0.4, -0.2) is 35.1 Å². The third-order valence-corrected chi connectivity index (χ3v) is 7.85. The Balaban J connectivity index is 1.49. The zero-order valence-corrected chi connectivity index (χ0v) is 25.3. The molecule has 0 aliphatic carbocycles. The summed E-state index contributed by atoms with van der Waals surface area (Å²) in [6.45, 7) is 2.10. The van der Waals surface area contributed by atoms with Gasteiger partial charge < -0.3 is 14.8 Å². The maximum absolute atomic E-state index is 13.0. The van der Waals surface area contributed by atoms with E-state index in [1.165, 1.54) is 0 Å². The monoisotopic (exact) mass is 726 g/mol.